The maximum atomic E-state index is 14.1. The van der Waals surface area contributed by atoms with E-state index in [1.165, 1.54) is 27.7 Å². The Balaban J connectivity index is 1.29. The van der Waals surface area contributed by atoms with Gasteiger partial charge in [-0.2, -0.15) is 0 Å². The van der Waals surface area contributed by atoms with Crippen molar-refractivity contribution in [3.05, 3.63) is 89.4 Å². The molecule has 0 spiro atoms. The van der Waals surface area contributed by atoms with Crippen molar-refractivity contribution in [2.75, 3.05) is 12.4 Å². The van der Waals surface area contributed by atoms with Gasteiger partial charge in [-0.1, -0.05) is 60.7 Å². The molecule has 1 N–H and O–H groups in total. The van der Waals surface area contributed by atoms with Crippen LogP contribution in [0.25, 0.3) is 0 Å². The number of thioether (sulfide) groups is 1. The van der Waals surface area contributed by atoms with Crippen LogP contribution in [-0.4, -0.2) is 78.6 Å². The summed E-state index contributed by atoms with van der Waals surface area (Å²) in [6.45, 7) is 3.99. The first-order valence-corrected chi connectivity index (χ1v) is 14.1. The van der Waals surface area contributed by atoms with Crippen molar-refractivity contribution >= 4 is 29.5 Å². The summed E-state index contributed by atoms with van der Waals surface area (Å²) < 4.78 is 19.5. The van der Waals surface area contributed by atoms with E-state index < -0.39 is 47.2 Å². The maximum absolute atomic E-state index is 14.1. The number of amides is 2. The first-order valence-electron chi connectivity index (χ1n) is 13.1. The Morgan fingerprint density at radius 2 is 1.80 bits per heavy atom. The number of rotatable bonds is 8. The molecular weight excluding hydrogens is 548 g/mol. The smallest absolute Gasteiger partial charge is 0.356 e. The van der Waals surface area contributed by atoms with E-state index in [4.69, 9.17) is 14.2 Å². The zero-order chi connectivity index (χ0) is 28.6. The Labute approximate surface area is 240 Å². The van der Waals surface area contributed by atoms with Crippen LogP contribution in [0.4, 0.5) is 0 Å². The highest BCUT2D eigenvalue weighted by molar-refractivity contribution is 8.00. The molecule has 212 valence electrons. The summed E-state index contributed by atoms with van der Waals surface area (Å²) in [4.78, 5) is 41.5. The summed E-state index contributed by atoms with van der Waals surface area (Å²) in [6, 6.07) is 18.0. The van der Waals surface area contributed by atoms with E-state index in [1.54, 1.807) is 0 Å². The number of benzene rings is 2. The molecule has 2 aromatic carbocycles. The quantitative estimate of drug-likeness (QED) is 0.312. The van der Waals surface area contributed by atoms with Crippen molar-refractivity contribution in [3.63, 3.8) is 0 Å². The van der Waals surface area contributed by atoms with Gasteiger partial charge in [0.25, 0.3) is 5.91 Å². The first-order chi connectivity index (χ1) is 19.8. The molecule has 3 aliphatic rings. The van der Waals surface area contributed by atoms with Gasteiger partial charge in [0.05, 0.1) is 12.2 Å². The summed E-state index contributed by atoms with van der Waals surface area (Å²) in [7, 11) is 0. The molecule has 3 atom stereocenters. The topological polar surface area (TPSA) is 138 Å². The lowest BCUT2D eigenvalue weighted by atomic mass is 10.0. The molecule has 41 heavy (non-hydrogen) atoms. The molecule has 2 unspecified atom stereocenters. The summed E-state index contributed by atoms with van der Waals surface area (Å²) in [5.41, 5.74) is 1.62. The minimum atomic E-state index is -0.825. The molecular formula is C28H28N6O6S. The number of aromatic nitrogens is 4. The lowest BCUT2D eigenvalue weighted by Gasteiger charge is -2.50. The number of esters is 1. The van der Waals surface area contributed by atoms with Gasteiger partial charge in [0.15, 0.2) is 12.4 Å². The zero-order valence-electron chi connectivity index (χ0n) is 22.4. The van der Waals surface area contributed by atoms with Crippen LogP contribution in [0.5, 0.6) is 0 Å². The van der Waals surface area contributed by atoms with Crippen molar-refractivity contribution in [2.45, 2.75) is 49.8 Å². The average Bonchev–Trinajstić information content (AvgIpc) is 3.63. The number of hydrogen-bond acceptors (Lipinski definition) is 10. The monoisotopic (exact) mass is 576 g/mol. The molecule has 0 saturated carbocycles. The van der Waals surface area contributed by atoms with Crippen LogP contribution in [0.15, 0.2) is 78.3 Å². The van der Waals surface area contributed by atoms with Crippen LogP contribution in [0.2, 0.25) is 0 Å². The van der Waals surface area contributed by atoms with E-state index >= 15 is 0 Å². The van der Waals surface area contributed by atoms with E-state index in [9.17, 15) is 14.4 Å². The van der Waals surface area contributed by atoms with Crippen LogP contribution < -0.4 is 5.32 Å². The molecule has 2 amide bonds. The highest BCUT2D eigenvalue weighted by atomic mass is 32.2. The highest BCUT2D eigenvalue weighted by Crippen LogP contribution is 2.44. The van der Waals surface area contributed by atoms with E-state index in [-0.39, 0.29) is 12.2 Å². The molecule has 6 rings (SSSR count). The third-order valence-corrected chi connectivity index (χ3v) is 8.23. The van der Waals surface area contributed by atoms with Crippen LogP contribution in [-0.2, 0) is 35.1 Å². The Morgan fingerprint density at radius 3 is 2.39 bits per heavy atom. The van der Waals surface area contributed by atoms with Crippen molar-refractivity contribution < 1.29 is 28.6 Å². The second-order valence-electron chi connectivity index (χ2n) is 10.5. The lowest BCUT2D eigenvalue weighted by Crippen LogP contribution is -2.71. The summed E-state index contributed by atoms with van der Waals surface area (Å²) in [5.74, 6) is -1.18. The summed E-state index contributed by atoms with van der Waals surface area (Å²) in [5, 5.41) is 13.0. The fourth-order valence-electron chi connectivity index (χ4n) is 4.98. The molecule has 0 bridgehead atoms. The summed E-state index contributed by atoms with van der Waals surface area (Å²) >= 11 is 1.42. The Hall–Kier alpha value is -4.07. The molecule has 4 heterocycles. The number of nitrogens with one attached hydrogen (secondary N) is 1. The second-order valence-corrected chi connectivity index (χ2v) is 11.6. The minimum Gasteiger partial charge on any atom is -0.448 e. The molecule has 0 aliphatic carbocycles. The Morgan fingerprint density at radius 1 is 1.12 bits per heavy atom. The Bertz CT molecular complexity index is 1430. The predicted octanol–water partition coefficient (Wildman–Crippen LogP) is 1.81. The molecule has 0 radical (unpaired) electrons. The number of nitrogens with zero attached hydrogens (tertiary/aromatic N) is 5. The largest absolute Gasteiger partial charge is 0.448 e. The third-order valence-electron chi connectivity index (χ3n) is 6.93. The minimum absolute atomic E-state index is 0.0873. The number of β-lactam (4-membered cyclic amide) rings is 1. The first kappa shape index (κ1) is 27.1. The van der Waals surface area contributed by atoms with Crippen LogP contribution in [0.1, 0.15) is 31.1 Å². The average molecular weight is 577 g/mol. The SMILES string of the molecule is CC1(C)COC(C2=C(C(=O)OC(c3ccccc3)c3ccccc3)N3C(=O)C(NC(=O)Cn4cnnn4)[C@H]3SC2)O1. The molecule has 2 saturated heterocycles. The lowest BCUT2D eigenvalue weighted by molar-refractivity contribution is -0.155. The molecule has 1 aromatic heterocycles. The van der Waals surface area contributed by atoms with Gasteiger partial charge in [0, 0.05) is 11.3 Å². The third kappa shape index (κ3) is 5.47. The van der Waals surface area contributed by atoms with Gasteiger partial charge < -0.3 is 19.5 Å². The highest BCUT2D eigenvalue weighted by Gasteiger charge is 2.56. The zero-order valence-corrected chi connectivity index (χ0v) is 23.2. The molecule has 13 heteroatoms. The van der Waals surface area contributed by atoms with Gasteiger partial charge in [-0.3, -0.25) is 14.5 Å². The van der Waals surface area contributed by atoms with Gasteiger partial charge in [-0.05, 0) is 35.4 Å². The maximum Gasteiger partial charge on any atom is 0.356 e. The van der Waals surface area contributed by atoms with E-state index in [0.29, 0.717) is 17.9 Å². The van der Waals surface area contributed by atoms with Gasteiger partial charge in [0.2, 0.25) is 5.91 Å². The standard InChI is InChI=1S/C28H28N6O6S/c1-28(2)15-38-27(40-28)19-14-41-25-21(30-20(35)13-33-16-29-31-32-33)24(36)34(25)22(19)26(37)39-23(17-9-5-3-6-10-17)18-11-7-4-8-12-18/h3-12,16,21,23,25,27H,13-15H2,1-2H3,(H,30,35)/t21?,25-,27?/m1/s1. The molecule has 2 fully saturated rings. The van der Waals surface area contributed by atoms with E-state index in [0.717, 1.165) is 11.1 Å². The Kier molecular flexibility index (Phi) is 7.32. The van der Waals surface area contributed by atoms with Crippen molar-refractivity contribution in [1.29, 1.82) is 0 Å². The van der Waals surface area contributed by atoms with Gasteiger partial charge in [0.1, 0.15) is 30.0 Å². The van der Waals surface area contributed by atoms with Gasteiger partial charge in [-0.25, -0.2) is 9.48 Å². The fourth-order valence-corrected chi connectivity index (χ4v) is 6.34. The van der Waals surface area contributed by atoms with E-state index in [1.807, 2.05) is 74.5 Å². The van der Waals surface area contributed by atoms with E-state index in [2.05, 4.69) is 20.8 Å². The van der Waals surface area contributed by atoms with Gasteiger partial charge in [-0.15, -0.1) is 16.9 Å². The molecule has 3 aromatic rings. The van der Waals surface area contributed by atoms with Crippen molar-refractivity contribution in [3.8, 4) is 0 Å². The predicted molar refractivity (Wildman–Crippen MR) is 146 cm³/mol. The van der Waals surface area contributed by atoms with Crippen LogP contribution in [0.3, 0.4) is 0 Å². The number of carbonyl (C=O) groups is 3. The fraction of sp³-hybridized carbons (Fsp3) is 0.357. The number of tetrazole rings is 1. The van der Waals surface area contributed by atoms with Crippen LogP contribution in [0, 0.1) is 0 Å². The second kappa shape index (κ2) is 11.1. The van der Waals surface area contributed by atoms with Crippen LogP contribution >= 0.6 is 11.8 Å². The molecule has 12 nitrogen and oxygen atoms in total. The van der Waals surface area contributed by atoms with Crippen molar-refractivity contribution in [2.24, 2.45) is 0 Å². The van der Waals surface area contributed by atoms with Gasteiger partial charge >= 0.3 is 5.97 Å². The number of ether oxygens (including phenoxy) is 3. The number of carbonyl (C=O) groups excluding carboxylic acids is 3. The number of fused-ring (bicyclic) bond motifs is 1. The molecule has 3 aliphatic heterocycles. The normalized spacial score (nSPS) is 23.2. The number of hydrogen-bond donors (Lipinski definition) is 1. The van der Waals surface area contributed by atoms with Crippen molar-refractivity contribution in [1.82, 2.24) is 30.4 Å². The summed E-state index contributed by atoms with van der Waals surface area (Å²) in [6.07, 6.45) is -0.211.